The molecule has 0 radical (unpaired) electrons. The van der Waals surface area contributed by atoms with Crippen LogP contribution in [0.5, 0.6) is 11.5 Å². The van der Waals surface area contributed by atoms with Crippen molar-refractivity contribution in [3.8, 4) is 22.9 Å². The van der Waals surface area contributed by atoms with Gasteiger partial charge in [-0.15, -0.1) is 0 Å². The summed E-state index contributed by atoms with van der Waals surface area (Å²) in [5.41, 5.74) is 3.20. The van der Waals surface area contributed by atoms with Crippen molar-refractivity contribution in [1.82, 2.24) is 9.38 Å². The number of hydrogen-bond donors (Lipinski definition) is 0. The van der Waals surface area contributed by atoms with Gasteiger partial charge in [0.05, 0.1) is 25.9 Å². The number of fused-ring (bicyclic) bond motifs is 1. The predicted octanol–water partition coefficient (Wildman–Crippen LogP) is 3.33. The van der Waals surface area contributed by atoms with Crippen LogP contribution < -0.4 is 9.47 Å². The molecule has 0 fully saturated rings. The van der Waals surface area contributed by atoms with Crippen molar-refractivity contribution >= 4 is 5.52 Å². The summed E-state index contributed by atoms with van der Waals surface area (Å²) in [6.45, 7) is 2.04. The third-order valence-electron chi connectivity index (χ3n) is 3.41. The van der Waals surface area contributed by atoms with Crippen molar-refractivity contribution in [1.29, 1.82) is 0 Å². The van der Waals surface area contributed by atoms with E-state index in [0.717, 1.165) is 28.2 Å². The van der Waals surface area contributed by atoms with Gasteiger partial charge in [0.1, 0.15) is 5.82 Å². The Morgan fingerprint density at radius 2 is 1.80 bits per heavy atom. The molecule has 2 heterocycles. The molecule has 0 atom stereocenters. The Morgan fingerprint density at radius 1 is 1.05 bits per heavy atom. The van der Waals surface area contributed by atoms with E-state index in [0.29, 0.717) is 5.75 Å². The molecule has 4 heteroatoms. The SMILES string of the molecule is COc1cc(C)c(-c2ncc3ccccn23)cc1OC. The fraction of sp³-hybridized carbons (Fsp3) is 0.188. The molecule has 1 aromatic carbocycles. The Kier molecular flexibility index (Phi) is 3.06. The van der Waals surface area contributed by atoms with Gasteiger partial charge in [-0.05, 0) is 36.8 Å². The molecule has 0 bridgehead atoms. The number of nitrogens with zero attached hydrogens (tertiary/aromatic N) is 2. The Morgan fingerprint density at radius 3 is 2.55 bits per heavy atom. The van der Waals surface area contributed by atoms with Gasteiger partial charge in [0.15, 0.2) is 11.5 Å². The minimum absolute atomic E-state index is 0.709. The molecule has 0 saturated heterocycles. The van der Waals surface area contributed by atoms with E-state index in [1.54, 1.807) is 14.2 Å². The number of imidazole rings is 1. The minimum atomic E-state index is 0.709. The fourth-order valence-electron chi connectivity index (χ4n) is 2.36. The van der Waals surface area contributed by atoms with Crippen LogP contribution in [0, 0.1) is 6.92 Å². The first kappa shape index (κ1) is 12.5. The van der Waals surface area contributed by atoms with Crippen molar-refractivity contribution in [2.45, 2.75) is 6.92 Å². The van der Waals surface area contributed by atoms with Gasteiger partial charge < -0.3 is 9.47 Å². The van der Waals surface area contributed by atoms with Crippen LogP contribution in [0.2, 0.25) is 0 Å². The minimum Gasteiger partial charge on any atom is -0.493 e. The summed E-state index contributed by atoms with van der Waals surface area (Å²) < 4.78 is 12.8. The molecule has 0 saturated carbocycles. The van der Waals surface area contributed by atoms with Gasteiger partial charge in [-0.25, -0.2) is 4.98 Å². The second-order valence-corrected chi connectivity index (χ2v) is 4.60. The zero-order chi connectivity index (χ0) is 14.1. The maximum Gasteiger partial charge on any atom is 0.161 e. The van der Waals surface area contributed by atoms with Gasteiger partial charge in [-0.2, -0.15) is 0 Å². The van der Waals surface area contributed by atoms with Crippen LogP contribution in [0.15, 0.2) is 42.7 Å². The second-order valence-electron chi connectivity index (χ2n) is 4.60. The zero-order valence-corrected chi connectivity index (χ0v) is 11.8. The quantitative estimate of drug-likeness (QED) is 0.731. The second kappa shape index (κ2) is 4.89. The van der Waals surface area contributed by atoms with Crippen molar-refractivity contribution in [2.75, 3.05) is 14.2 Å². The summed E-state index contributed by atoms with van der Waals surface area (Å²) in [5.74, 6) is 2.34. The Hall–Kier alpha value is -2.49. The lowest BCUT2D eigenvalue weighted by atomic mass is 10.1. The van der Waals surface area contributed by atoms with Crippen LogP contribution in [-0.2, 0) is 0 Å². The maximum absolute atomic E-state index is 5.38. The molecular weight excluding hydrogens is 252 g/mol. The third kappa shape index (κ3) is 1.90. The molecule has 0 N–H and O–H groups in total. The molecule has 0 spiro atoms. The smallest absolute Gasteiger partial charge is 0.161 e. The van der Waals surface area contributed by atoms with E-state index in [1.165, 1.54) is 0 Å². The molecule has 102 valence electrons. The monoisotopic (exact) mass is 268 g/mol. The van der Waals surface area contributed by atoms with Gasteiger partial charge in [0, 0.05) is 11.8 Å². The third-order valence-corrected chi connectivity index (χ3v) is 3.41. The van der Waals surface area contributed by atoms with Crippen LogP contribution in [0.25, 0.3) is 16.9 Å². The van der Waals surface area contributed by atoms with Crippen LogP contribution in [0.4, 0.5) is 0 Å². The molecule has 2 aromatic heterocycles. The van der Waals surface area contributed by atoms with Crippen LogP contribution in [-0.4, -0.2) is 23.6 Å². The first-order valence-corrected chi connectivity index (χ1v) is 6.39. The number of ether oxygens (including phenoxy) is 2. The van der Waals surface area contributed by atoms with Crippen LogP contribution in [0.3, 0.4) is 0 Å². The van der Waals surface area contributed by atoms with Gasteiger partial charge >= 0.3 is 0 Å². The highest BCUT2D eigenvalue weighted by atomic mass is 16.5. The highest BCUT2D eigenvalue weighted by Crippen LogP contribution is 2.34. The average Bonchev–Trinajstić information content (AvgIpc) is 2.90. The topological polar surface area (TPSA) is 35.8 Å². The Bertz CT molecular complexity index is 762. The zero-order valence-electron chi connectivity index (χ0n) is 11.8. The van der Waals surface area contributed by atoms with Gasteiger partial charge in [0.25, 0.3) is 0 Å². The number of methoxy groups -OCH3 is 2. The van der Waals surface area contributed by atoms with Gasteiger partial charge in [0.2, 0.25) is 0 Å². The van der Waals surface area contributed by atoms with E-state index >= 15 is 0 Å². The molecule has 0 unspecified atom stereocenters. The van der Waals surface area contributed by atoms with E-state index in [1.807, 2.05) is 49.6 Å². The van der Waals surface area contributed by atoms with E-state index in [2.05, 4.69) is 9.38 Å². The van der Waals surface area contributed by atoms with Crippen molar-refractivity contribution in [3.05, 3.63) is 48.3 Å². The lowest BCUT2D eigenvalue weighted by Gasteiger charge is -2.12. The van der Waals surface area contributed by atoms with Crippen molar-refractivity contribution in [2.24, 2.45) is 0 Å². The number of benzene rings is 1. The van der Waals surface area contributed by atoms with E-state index in [-0.39, 0.29) is 0 Å². The molecule has 3 aromatic rings. The van der Waals surface area contributed by atoms with Crippen LogP contribution in [0.1, 0.15) is 5.56 Å². The fourth-order valence-corrected chi connectivity index (χ4v) is 2.36. The molecule has 3 rings (SSSR count). The predicted molar refractivity (Wildman–Crippen MR) is 78.5 cm³/mol. The lowest BCUT2D eigenvalue weighted by Crippen LogP contribution is -1.96. The molecule has 20 heavy (non-hydrogen) atoms. The molecule has 0 aliphatic rings. The number of aromatic nitrogens is 2. The molecule has 4 nitrogen and oxygen atoms in total. The van der Waals surface area contributed by atoms with Crippen molar-refractivity contribution < 1.29 is 9.47 Å². The highest BCUT2D eigenvalue weighted by Gasteiger charge is 2.13. The summed E-state index contributed by atoms with van der Waals surface area (Å²) in [4.78, 5) is 4.52. The largest absolute Gasteiger partial charge is 0.493 e. The first-order valence-electron chi connectivity index (χ1n) is 6.39. The summed E-state index contributed by atoms with van der Waals surface area (Å²) in [5, 5.41) is 0. The Balaban J connectivity index is 2.24. The van der Waals surface area contributed by atoms with E-state index < -0.39 is 0 Å². The lowest BCUT2D eigenvalue weighted by molar-refractivity contribution is 0.355. The molecular formula is C16H16N2O2. The standard InChI is InChI=1S/C16H16N2O2/c1-11-8-14(19-2)15(20-3)9-13(11)16-17-10-12-6-4-5-7-18(12)16/h4-10H,1-3H3. The normalized spacial score (nSPS) is 10.8. The molecule has 0 aliphatic heterocycles. The number of hydrogen-bond acceptors (Lipinski definition) is 3. The number of aryl methyl sites for hydroxylation is 1. The van der Waals surface area contributed by atoms with Crippen LogP contribution >= 0.6 is 0 Å². The van der Waals surface area contributed by atoms with Gasteiger partial charge in [-0.1, -0.05) is 6.07 Å². The summed E-state index contributed by atoms with van der Waals surface area (Å²) in [7, 11) is 3.28. The summed E-state index contributed by atoms with van der Waals surface area (Å²) >= 11 is 0. The molecule has 0 amide bonds. The highest BCUT2D eigenvalue weighted by molar-refractivity contribution is 5.69. The van der Waals surface area contributed by atoms with Gasteiger partial charge in [-0.3, -0.25) is 4.40 Å². The number of rotatable bonds is 3. The number of pyridine rings is 1. The van der Waals surface area contributed by atoms with E-state index in [4.69, 9.17) is 9.47 Å². The average molecular weight is 268 g/mol. The first-order chi connectivity index (χ1) is 9.74. The maximum atomic E-state index is 5.38. The Labute approximate surface area is 117 Å². The van der Waals surface area contributed by atoms with E-state index in [9.17, 15) is 0 Å². The summed E-state index contributed by atoms with van der Waals surface area (Å²) in [6.07, 6.45) is 3.87. The molecule has 0 aliphatic carbocycles. The van der Waals surface area contributed by atoms with Crippen molar-refractivity contribution in [3.63, 3.8) is 0 Å². The summed E-state index contributed by atoms with van der Waals surface area (Å²) in [6, 6.07) is 9.97.